The Kier molecular flexibility index (Phi) is 6.68. The van der Waals surface area contributed by atoms with E-state index in [0.717, 1.165) is 12.1 Å². The van der Waals surface area contributed by atoms with Gasteiger partial charge in [-0.2, -0.15) is 0 Å². The average Bonchev–Trinajstić information content (AvgIpc) is 2.60. The van der Waals surface area contributed by atoms with Gasteiger partial charge in [0.1, 0.15) is 11.4 Å². The van der Waals surface area contributed by atoms with E-state index in [-0.39, 0.29) is 31.9 Å². The van der Waals surface area contributed by atoms with Crippen LogP contribution in [0.1, 0.15) is 31.1 Å². The van der Waals surface area contributed by atoms with Gasteiger partial charge in [0, 0.05) is 26.2 Å². The molecule has 2 N–H and O–H groups in total. The Bertz CT molecular complexity index is 814. The Morgan fingerprint density at radius 3 is 2.10 bits per heavy atom. The maximum Gasteiger partial charge on any atom is 0.573 e. The maximum absolute atomic E-state index is 12.4. The zero-order valence-electron chi connectivity index (χ0n) is 16.6. The Labute approximate surface area is 170 Å². The number of carboxylic acids is 1. The summed E-state index contributed by atoms with van der Waals surface area (Å²) in [6.07, 6.45) is -5.48. The first kappa shape index (κ1) is 23.1. The number of halogens is 3. The molecule has 1 saturated heterocycles. The normalized spacial score (nSPS) is 14.9. The zero-order valence-corrected chi connectivity index (χ0v) is 16.6. The number of anilines is 1. The van der Waals surface area contributed by atoms with Gasteiger partial charge < -0.3 is 29.7 Å². The van der Waals surface area contributed by atoms with Crippen molar-refractivity contribution in [3.8, 4) is 5.75 Å². The second kappa shape index (κ2) is 8.67. The number of carbonyl (C=O) groups is 3. The third-order valence-electron chi connectivity index (χ3n) is 3.92. The Morgan fingerprint density at radius 1 is 1.03 bits per heavy atom. The molecule has 1 aromatic rings. The molecule has 0 unspecified atom stereocenters. The number of amides is 3. The van der Waals surface area contributed by atoms with Crippen LogP contribution in [0, 0.1) is 0 Å². The van der Waals surface area contributed by atoms with E-state index in [2.05, 4.69) is 10.1 Å². The summed E-state index contributed by atoms with van der Waals surface area (Å²) < 4.78 is 45.9. The fraction of sp³-hybridized carbons (Fsp3) is 0.500. The first-order chi connectivity index (χ1) is 13.7. The third kappa shape index (κ3) is 6.71. The molecule has 1 fully saturated rings. The Hall–Kier alpha value is -3.18. The first-order valence-electron chi connectivity index (χ1n) is 8.92. The molecule has 3 amide bonds. The van der Waals surface area contributed by atoms with E-state index in [1.54, 1.807) is 20.8 Å². The molecule has 0 bridgehead atoms. The van der Waals surface area contributed by atoms with Crippen LogP contribution >= 0.6 is 0 Å². The highest BCUT2D eigenvalue weighted by Gasteiger charge is 2.32. The number of hydrogen-bond donors (Lipinski definition) is 2. The van der Waals surface area contributed by atoms with Crippen LogP contribution in [0.4, 0.5) is 28.4 Å². The smallest absolute Gasteiger partial charge is 0.478 e. The van der Waals surface area contributed by atoms with Crippen LogP contribution in [0.25, 0.3) is 0 Å². The number of ether oxygens (including phenoxy) is 2. The molecular formula is C18H22F3N3O6. The number of alkyl halides is 3. The number of nitrogens with zero attached hydrogens (tertiary/aromatic N) is 2. The van der Waals surface area contributed by atoms with E-state index in [1.807, 2.05) is 0 Å². The molecule has 0 saturated carbocycles. The van der Waals surface area contributed by atoms with E-state index in [1.165, 1.54) is 9.80 Å². The van der Waals surface area contributed by atoms with Crippen molar-refractivity contribution in [2.75, 3.05) is 31.5 Å². The molecular weight excluding hydrogens is 411 g/mol. The predicted molar refractivity (Wildman–Crippen MR) is 98.5 cm³/mol. The monoisotopic (exact) mass is 433 g/mol. The van der Waals surface area contributed by atoms with Crippen LogP contribution in [-0.4, -0.2) is 71.1 Å². The minimum Gasteiger partial charge on any atom is -0.478 e. The van der Waals surface area contributed by atoms with Crippen LogP contribution in [0.2, 0.25) is 0 Å². The lowest BCUT2D eigenvalue weighted by molar-refractivity contribution is -0.274. The molecule has 0 aromatic heterocycles. The number of carbonyl (C=O) groups excluding carboxylic acids is 2. The van der Waals surface area contributed by atoms with Crippen LogP contribution < -0.4 is 10.1 Å². The SMILES string of the molecule is CC(C)(C)OC(=O)N1CCN(C(=O)Nc2ccc(OC(F)(F)F)cc2C(=O)O)CC1. The van der Waals surface area contributed by atoms with Gasteiger partial charge in [-0.15, -0.1) is 13.2 Å². The van der Waals surface area contributed by atoms with Crippen molar-refractivity contribution in [2.24, 2.45) is 0 Å². The highest BCUT2D eigenvalue weighted by atomic mass is 19.4. The number of urea groups is 1. The zero-order chi connectivity index (χ0) is 22.7. The quantitative estimate of drug-likeness (QED) is 0.757. The molecule has 12 heteroatoms. The van der Waals surface area contributed by atoms with E-state index < -0.39 is 41.4 Å². The summed E-state index contributed by atoms with van der Waals surface area (Å²) in [7, 11) is 0. The minimum absolute atomic E-state index is 0.169. The van der Waals surface area contributed by atoms with E-state index in [9.17, 15) is 32.7 Å². The molecule has 0 spiro atoms. The molecule has 1 heterocycles. The van der Waals surface area contributed by atoms with Gasteiger partial charge in [0.05, 0.1) is 11.3 Å². The minimum atomic E-state index is -4.98. The van der Waals surface area contributed by atoms with Gasteiger partial charge in [0.25, 0.3) is 0 Å². The second-order valence-corrected chi connectivity index (χ2v) is 7.44. The molecule has 9 nitrogen and oxygen atoms in total. The lowest BCUT2D eigenvalue weighted by Gasteiger charge is -2.35. The number of rotatable bonds is 3. The average molecular weight is 433 g/mol. The van der Waals surface area contributed by atoms with Crippen LogP contribution in [0.15, 0.2) is 18.2 Å². The van der Waals surface area contributed by atoms with Crippen LogP contribution in [0.5, 0.6) is 5.75 Å². The van der Waals surface area contributed by atoms with Gasteiger partial charge in [-0.05, 0) is 39.0 Å². The number of hydrogen-bond acceptors (Lipinski definition) is 5. The lowest BCUT2D eigenvalue weighted by Crippen LogP contribution is -2.52. The molecule has 0 aliphatic carbocycles. The molecule has 1 aromatic carbocycles. The largest absolute Gasteiger partial charge is 0.573 e. The molecule has 1 aliphatic rings. The number of carboxylic acid groups (broad SMARTS) is 1. The maximum atomic E-state index is 12.4. The van der Waals surface area contributed by atoms with Gasteiger partial charge in [-0.1, -0.05) is 0 Å². The fourth-order valence-electron chi connectivity index (χ4n) is 2.62. The Balaban J connectivity index is 2.01. The fourth-order valence-corrected chi connectivity index (χ4v) is 2.62. The van der Waals surface area contributed by atoms with Gasteiger partial charge >= 0.3 is 24.5 Å². The van der Waals surface area contributed by atoms with E-state index in [4.69, 9.17) is 4.74 Å². The summed E-state index contributed by atoms with van der Waals surface area (Å²) in [6, 6.07) is 1.94. The van der Waals surface area contributed by atoms with Gasteiger partial charge in [-0.3, -0.25) is 0 Å². The third-order valence-corrected chi connectivity index (χ3v) is 3.92. The van der Waals surface area contributed by atoms with Crippen LogP contribution in [0.3, 0.4) is 0 Å². The van der Waals surface area contributed by atoms with Crippen molar-refractivity contribution in [1.82, 2.24) is 9.80 Å². The molecule has 0 atom stereocenters. The summed E-state index contributed by atoms with van der Waals surface area (Å²) in [6.45, 7) is 5.98. The Morgan fingerprint density at radius 2 is 1.60 bits per heavy atom. The topological polar surface area (TPSA) is 108 Å². The number of aromatic carboxylic acids is 1. The molecule has 1 aliphatic heterocycles. The lowest BCUT2D eigenvalue weighted by atomic mass is 10.1. The summed E-state index contributed by atoms with van der Waals surface area (Å²) in [5.74, 6) is -2.25. The summed E-state index contributed by atoms with van der Waals surface area (Å²) in [4.78, 5) is 38.7. The molecule has 2 rings (SSSR count). The van der Waals surface area contributed by atoms with E-state index in [0.29, 0.717) is 6.07 Å². The first-order valence-corrected chi connectivity index (χ1v) is 8.92. The van der Waals surface area contributed by atoms with Crippen molar-refractivity contribution in [1.29, 1.82) is 0 Å². The number of nitrogens with one attached hydrogen (secondary N) is 1. The number of piperazine rings is 1. The summed E-state index contributed by atoms with van der Waals surface area (Å²) in [5.41, 5.74) is -1.39. The van der Waals surface area contributed by atoms with Crippen molar-refractivity contribution in [3.63, 3.8) is 0 Å². The van der Waals surface area contributed by atoms with Gasteiger partial charge in [-0.25, -0.2) is 14.4 Å². The second-order valence-electron chi connectivity index (χ2n) is 7.44. The standard InChI is InChI=1S/C18H22F3N3O6/c1-17(2,3)30-16(28)24-8-6-23(7-9-24)15(27)22-13-5-4-11(29-18(19,20)21)10-12(13)14(25)26/h4-5,10H,6-9H2,1-3H3,(H,22,27)(H,25,26). The molecule has 30 heavy (non-hydrogen) atoms. The van der Waals surface area contributed by atoms with Crippen molar-refractivity contribution < 1.29 is 42.1 Å². The predicted octanol–water partition coefficient (Wildman–Crippen LogP) is 3.37. The van der Waals surface area contributed by atoms with Crippen molar-refractivity contribution >= 4 is 23.8 Å². The van der Waals surface area contributed by atoms with Gasteiger partial charge in [0.15, 0.2) is 0 Å². The van der Waals surface area contributed by atoms with Crippen molar-refractivity contribution in [3.05, 3.63) is 23.8 Å². The number of benzene rings is 1. The highest BCUT2D eigenvalue weighted by molar-refractivity contribution is 6.00. The molecule has 0 radical (unpaired) electrons. The van der Waals surface area contributed by atoms with Gasteiger partial charge in [0.2, 0.25) is 0 Å². The van der Waals surface area contributed by atoms with E-state index >= 15 is 0 Å². The summed E-state index contributed by atoms with van der Waals surface area (Å²) >= 11 is 0. The summed E-state index contributed by atoms with van der Waals surface area (Å²) in [5, 5.41) is 11.6. The highest BCUT2D eigenvalue weighted by Crippen LogP contribution is 2.27. The van der Waals surface area contributed by atoms with Crippen LogP contribution in [-0.2, 0) is 4.74 Å². The van der Waals surface area contributed by atoms with Crippen molar-refractivity contribution in [2.45, 2.75) is 32.7 Å². The molecule has 166 valence electrons.